The molecule has 6 heteroatoms. The predicted octanol–water partition coefficient (Wildman–Crippen LogP) is 2.49. The molecule has 0 aromatic heterocycles. The van der Waals surface area contributed by atoms with Crippen LogP contribution in [0.5, 0.6) is 0 Å². The van der Waals surface area contributed by atoms with E-state index in [2.05, 4.69) is 4.99 Å². The Morgan fingerprint density at radius 2 is 2.17 bits per heavy atom. The Kier molecular flexibility index (Phi) is 4.71. The van der Waals surface area contributed by atoms with Gasteiger partial charge in [0.25, 0.3) is 0 Å². The first-order chi connectivity index (χ1) is 8.27. The quantitative estimate of drug-likeness (QED) is 0.386. The Morgan fingerprint density at radius 3 is 2.67 bits per heavy atom. The number of hydrogen-bond donors (Lipinski definition) is 2. The van der Waals surface area contributed by atoms with Crippen molar-refractivity contribution in [3.63, 3.8) is 0 Å². The minimum absolute atomic E-state index is 0.131. The number of halogens is 1. The lowest BCUT2D eigenvalue weighted by atomic mass is 10.2. The van der Waals surface area contributed by atoms with Crippen molar-refractivity contribution >= 4 is 41.8 Å². The van der Waals surface area contributed by atoms with E-state index < -0.39 is 12.5 Å². The summed E-state index contributed by atoms with van der Waals surface area (Å²) in [5, 5.41) is 7.02. The fraction of sp³-hybridized carbons (Fsp3) is 0.333. The highest BCUT2D eigenvalue weighted by Crippen LogP contribution is 2.40. The number of nitrogens with zero attached hydrogens (tertiary/aromatic N) is 1. The molecule has 0 saturated carbocycles. The lowest BCUT2D eigenvalue weighted by Gasteiger charge is -2.14. The lowest BCUT2D eigenvalue weighted by Crippen LogP contribution is -2.25. The molecule has 0 aliphatic heterocycles. The zero-order chi connectivity index (χ0) is 13.9. The second kappa shape index (κ2) is 5.68. The smallest absolute Gasteiger partial charge is 0.125 e. The molecule has 0 fully saturated rings. The molecular formula is C12H17ClN3OP. The maximum atomic E-state index is 12.3. The summed E-state index contributed by atoms with van der Waals surface area (Å²) in [5.41, 5.74) is 7.18. The Balaban J connectivity index is 3.39. The maximum Gasteiger partial charge on any atom is 0.125 e. The summed E-state index contributed by atoms with van der Waals surface area (Å²) in [7, 11) is -2.45. The molecule has 18 heavy (non-hydrogen) atoms. The second-order valence-corrected chi connectivity index (χ2v) is 8.02. The summed E-state index contributed by atoms with van der Waals surface area (Å²) >= 11 is 5.80. The molecule has 0 aliphatic rings. The first kappa shape index (κ1) is 14.9. The van der Waals surface area contributed by atoms with Crippen LogP contribution in [0.25, 0.3) is 0 Å². The number of alkyl halides is 1. The first-order valence-electron chi connectivity index (χ1n) is 5.41. The Labute approximate surface area is 112 Å². The number of rotatable bonds is 4. The van der Waals surface area contributed by atoms with Crippen molar-refractivity contribution < 1.29 is 4.57 Å². The average molecular weight is 286 g/mol. The summed E-state index contributed by atoms with van der Waals surface area (Å²) in [5.74, 6) is 0.131. The van der Waals surface area contributed by atoms with Gasteiger partial charge in [0, 0.05) is 11.5 Å². The Hall–Kier alpha value is -1.12. The molecule has 0 amide bonds. The van der Waals surface area contributed by atoms with Crippen molar-refractivity contribution in [1.82, 2.24) is 0 Å². The molecule has 0 spiro atoms. The normalized spacial score (nSPS) is 14.3. The topological polar surface area (TPSA) is 79.3 Å². The minimum Gasteiger partial charge on any atom is -0.386 e. The van der Waals surface area contributed by atoms with Crippen LogP contribution in [-0.2, 0) is 4.57 Å². The lowest BCUT2D eigenvalue weighted by molar-refractivity contribution is 0.588. The third-order valence-electron chi connectivity index (χ3n) is 2.43. The van der Waals surface area contributed by atoms with Gasteiger partial charge in [0.15, 0.2) is 0 Å². The summed E-state index contributed by atoms with van der Waals surface area (Å²) in [6.07, 6.45) is 1.01. The second-order valence-electron chi connectivity index (χ2n) is 4.40. The van der Waals surface area contributed by atoms with E-state index in [0.29, 0.717) is 11.0 Å². The molecule has 0 bridgehead atoms. The van der Waals surface area contributed by atoms with E-state index in [1.807, 2.05) is 19.1 Å². The Bertz CT molecular complexity index is 536. The van der Waals surface area contributed by atoms with E-state index >= 15 is 0 Å². The van der Waals surface area contributed by atoms with Crippen LogP contribution in [0.4, 0.5) is 5.69 Å². The molecule has 1 rings (SSSR count). The molecular weight excluding hydrogens is 269 g/mol. The molecule has 0 aliphatic carbocycles. The zero-order valence-electron chi connectivity index (χ0n) is 10.6. The number of nitrogens with two attached hydrogens (primary N) is 1. The van der Waals surface area contributed by atoms with Gasteiger partial charge in [-0.3, -0.25) is 0 Å². The van der Waals surface area contributed by atoms with Crippen molar-refractivity contribution in [1.29, 1.82) is 5.41 Å². The van der Waals surface area contributed by atoms with Gasteiger partial charge in [0.05, 0.1) is 5.69 Å². The number of nitrogens with one attached hydrogen (secondary N) is 1. The summed E-state index contributed by atoms with van der Waals surface area (Å²) in [4.78, 5) is 4.20. The van der Waals surface area contributed by atoms with Gasteiger partial charge in [-0.15, -0.1) is 11.6 Å². The molecule has 0 heterocycles. The van der Waals surface area contributed by atoms with E-state index in [4.69, 9.17) is 22.7 Å². The molecule has 3 N–H and O–H groups in total. The molecule has 1 aromatic rings. The molecule has 1 atom stereocenters. The summed E-state index contributed by atoms with van der Waals surface area (Å²) in [6.45, 7) is 5.28. The highest BCUT2D eigenvalue weighted by molar-refractivity contribution is 7.70. The number of benzene rings is 1. The zero-order valence-corrected chi connectivity index (χ0v) is 12.3. The van der Waals surface area contributed by atoms with Gasteiger partial charge >= 0.3 is 0 Å². The van der Waals surface area contributed by atoms with Crippen molar-refractivity contribution in [3.05, 3.63) is 23.8 Å². The van der Waals surface area contributed by atoms with Crippen LogP contribution in [0, 0.1) is 12.3 Å². The van der Waals surface area contributed by atoms with Crippen LogP contribution in [0.1, 0.15) is 5.56 Å². The number of aryl methyl sites for hydroxylation is 1. The van der Waals surface area contributed by atoms with Gasteiger partial charge < -0.3 is 15.7 Å². The molecule has 1 unspecified atom stereocenters. The number of aliphatic imine (C=N–C) groups is 1. The van der Waals surface area contributed by atoms with E-state index in [-0.39, 0.29) is 5.84 Å². The van der Waals surface area contributed by atoms with Gasteiger partial charge in [-0.1, -0.05) is 12.1 Å². The highest BCUT2D eigenvalue weighted by Gasteiger charge is 2.19. The number of hydrogen-bond acceptors (Lipinski definition) is 3. The third kappa shape index (κ3) is 3.44. The molecule has 0 radical (unpaired) electrons. The SMILES string of the molecule is Cc1cccc(N=C(N)C(Cl)C=N)c1P(C)(C)=O. The summed E-state index contributed by atoms with van der Waals surface area (Å²) < 4.78 is 12.3. The molecule has 0 saturated heterocycles. The third-order valence-corrected chi connectivity index (χ3v) is 4.44. The van der Waals surface area contributed by atoms with Gasteiger partial charge in [-0.2, -0.15) is 0 Å². The van der Waals surface area contributed by atoms with Crippen LogP contribution in [0.2, 0.25) is 0 Å². The molecule has 98 valence electrons. The van der Waals surface area contributed by atoms with Crippen LogP contribution < -0.4 is 11.0 Å². The van der Waals surface area contributed by atoms with Crippen molar-refractivity contribution in [3.8, 4) is 0 Å². The standard InChI is InChI=1S/C12H17ClN3OP/c1-8-5-4-6-10(11(8)18(2,3)17)16-12(15)9(13)7-14/h4-7,9,14H,1-3H3,(H2,15,16). The average Bonchev–Trinajstić information content (AvgIpc) is 2.26. The van der Waals surface area contributed by atoms with Gasteiger partial charge in [-0.25, -0.2) is 4.99 Å². The molecule has 1 aromatic carbocycles. The first-order valence-corrected chi connectivity index (χ1v) is 8.45. The Morgan fingerprint density at radius 1 is 1.56 bits per heavy atom. The van der Waals surface area contributed by atoms with Crippen LogP contribution >= 0.6 is 18.7 Å². The van der Waals surface area contributed by atoms with Gasteiger partial charge in [-0.05, 0) is 31.9 Å². The minimum atomic E-state index is -2.45. The van der Waals surface area contributed by atoms with Crippen LogP contribution in [0.15, 0.2) is 23.2 Å². The van der Waals surface area contributed by atoms with Crippen LogP contribution in [-0.4, -0.2) is 30.8 Å². The number of amidine groups is 1. The highest BCUT2D eigenvalue weighted by atomic mass is 35.5. The largest absolute Gasteiger partial charge is 0.386 e. The van der Waals surface area contributed by atoms with Crippen molar-refractivity contribution in [2.45, 2.75) is 12.3 Å². The van der Waals surface area contributed by atoms with E-state index in [9.17, 15) is 4.57 Å². The van der Waals surface area contributed by atoms with E-state index in [1.54, 1.807) is 19.4 Å². The molecule has 4 nitrogen and oxygen atoms in total. The van der Waals surface area contributed by atoms with Gasteiger partial charge in [0.2, 0.25) is 0 Å². The van der Waals surface area contributed by atoms with E-state index in [0.717, 1.165) is 11.8 Å². The van der Waals surface area contributed by atoms with Crippen molar-refractivity contribution in [2.75, 3.05) is 13.3 Å². The maximum absolute atomic E-state index is 12.3. The van der Waals surface area contributed by atoms with Gasteiger partial charge in [0.1, 0.15) is 18.4 Å². The summed E-state index contributed by atoms with van der Waals surface area (Å²) in [6, 6.07) is 5.47. The monoisotopic (exact) mass is 285 g/mol. The fourth-order valence-electron chi connectivity index (χ4n) is 1.72. The van der Waals surface area contributed by atoms with E-state index in [1.165, 1.54) is 0 Å². The van der Waals surface area contributed by atoms with Crippen molar-refractivity contribution in [2.24, 2.45) is 10.7 Å². The van der Waals surface area contributed by atoms with Crippen LogP contribution in [0.3, 0.4) is 0 Å². The predicted molar refractivity (Wildman–Crippen MR) is 80.0 cm³/mol. The fourth-order valence-corrected chi connectivity index (χ4v) is 3.37.